The molecule has 2 N–H and O–H groups in total. The highest BCUT2D eigenvalue weighted by Gasteiger charge is 2.38. The van der Waals surface area contributed by atoms with Gasteiger partial charge in [-0.1, -0.05) is 19.3 Å². The van der Waals surface area contributed by atoms with E-state index in [0.717, 1.165) is 38.8 Å². The van der Waals surface area contributed by atoms with Crippen molar-refractivity contribution in [3.8, 4) is 0 Å². The molecule has 0 aromatic carbocycles. The molecule has 1 heterocycles. The summed E-state index contributed by atoms with van der Waals surface area (Å²) in [6.07, 6.45) is 7.52. The predicted molar refractivity (Wildman–Crippen MR) is 108 cm³/mol. The topological polar surface area (TPSA) is 92.3 Å². The quantitative estimate of drug-likeness (QED) is 0.323. The van der Waals surface area contributed by atoms with Crippen molar-refractivity contribution in [1.82, 2.24) is 15.5 Å². The largest absolute Gasteiger partial charge is 0.379 e. The fourth-order valence-corrected chi connectivity index (χ4v) is 4.30. The van der Waals surface area contributed by atoms with Crippen LogP contribution in [0.4, 0.5) is 0 Å². The molecular weight excluding hydrogens is 368 g/mol. The van der Waals surface area contributed by atoms with Crippen LogP contribution in [-0.2, 0) is 19.3 Å². The first kappa shape index (κ1) is 22.4. The maximum Gasteiger partial charge on any atom is 0.191 e. The fraction of sp³-hybridized carbons (Fsp3) is 0.944. The Kier molecular flexibility index (Phi) is 9.28. The van der Waals surface area contributed by atoms with Crippen LogP contribution in [0.25, 0.3) is 0 Å². The summed E-state index contributed by atoms with van der Waals surface area (Å²) in [5.74, 6) is 0.821. The van der Waals surface area contributed by atoms with Crippen LogP contribution in [0.15, 0.2) is 4.99 Å². The smallest absolute Gasteiger partial charge is 0.191 e. The van der Waals surface area contributed by atoms with Crippen molar-refractivity contribution in [2.24, 2.45) is 4.99 Å². The molecule has 2 rings (SSSR count). The van der Waals surface area contributed by atoms with Crippen LogP contribution in [0, 0.1) is 0 Å². The zero-order valence-electron chi connectivity index (χ0n) is 16.8. The van der Waals surface area contributed by atoms with E-state index in [1.54, 1.807) is 7.05 Å². The molecule has 2 aliphatic rings. The molecule has 0 spiro atoms. The second kappa shape index (κ2) is 11.2. The summed E-state index contributed by atoms with van der Waals surface area (Å²) >= 11 is 0. The molecule has 0 unspecified atom stereocenters. The monoisotopic (exact) mass is 404 g/mol. The van der Waals surface area contributed by atoms with E-state index in [1.807, 2.05) is 0 Å². The van der Waals surface area contributed by atoms with Crippen LogP contribution >= 0.6 is 0 Å². The predicted octanol–water partition coefficient (Wildman–Crippen LogP) is 0.248. The van der Waals surface area contributed by atoms with Gasteiger partial charge in [0.15, 0.2) is 5.96 Å². The molecule has 158 valence electrons. The lowest BCUT2D eigenvalue weighted by molar-refractivity contribution is -0.0352. The molecule has 0 bridgehead atoms. The van der Waals surface area contributed by atoms with Crippen LogP contribution in [0.1, 0.15) is 32.1 Å². The summed E-state index contributed by atoms with van der Waals surface area (Å²) in [6.45, 7) is 5.79. The number of rotatable bonds is 9. The summed E-state index contributed by atoms with van der Waals surface area (Å²) in [5.41, 5.74) is 0.186. The van der Waals surface area contributed by atoms with Gasteiger partial charge in [0, 0.05) is 45.0 Å². The molecule has 0 aromatic heterocycles. The van der Waals surface area contributed by atoms with Gasteiger partial charge in [0.05, 0.1) is 32.2 Å². The average Bonchev–Trinajstić information content (AvgIpc) is 2.67. The average molecular weight is 405 g/mol. The van der Waals surface area contributed by atoms with Gasteiger partial charge < -0.3 is 20.1 Å². The molecule has 8 nitrogen and oxygen atoms in total. The van der Waals surface area contributed by atoms with Gasteiger partial charge in [-0.05, 0) is 12.8 Å². The van der Waals surface area contributed by atoms with E-state index in [9.17, 15) is 8.42 Å². The lowest BCUT2D eigenvalue weighted by atomic mass is 9.80. The van der Waals surface area contributed by atoms with Gasteiger partial charge in [0.25, 0.3) is 0 Å². The number of nitrogens with zero attached hydrogens (tertiary/aromatic N) is 2. The Morgan fingerprint density at radius 1 is 1.15 bits per heavy atom. The molecule has 1 aliphatic heterocycles. The molecule has 9 heteroatoms. The minimum Gasteiger partial charge on any atom is -0.379 e. The minimum atomic E-state index is -2.97. The number of aliphatic imine (C=N–C) groups is 1. The molecule has 0 amide bonds. The molecule has 2 fully saturated rings. The lowest BCUT2D eigenvalue weighted by Gasteiger charge is -2.48. The fourth-order valence-electron chi connectivity index (χ4n) is 3.88. The zero-order valence-corrected chi connectivity index (χ0v) is 17.7. The third-order valence-electron chi connectivity index (χ3n) is 5.41. The number of hydrogen-bond acceptors (Lipinski definition) is 6. The summed E-state index contributed by atoms with van der Waals surface area (Å²) in [7, 11) is -1.20. The van der Waals surface area contributed by atoms with E-state index >= 15 is 0 Å². The third kappa shape index (κ3) is 7.93. The summed E-state index contributed by atoms with van der Waals surface area (Å²) in [6, 6.07) is 0. The van der Waals surface area contributed by atoms with E-state index in [-0.39, 0.29) is 17.9 Å². The second-order valence-electron chi connectivity index (χ2n) is 7.48. The van der Waals surface area contributed by atoms with Gasteiger partial charge in [-0.3, -0.25) is 9.89 Å². The number of hydrogen-bond donors (Lipinski definition) is 2. The Balaban J connectivity index is 1.75. The van der Waals surface area contributed by atoms with Gasteiger partial charge in [-0.25, -0.2) is 8.42 Å². The van der Waals surface area contributed by atoms with Gasteiger partial charge in [-0.15, -0.1) is 0 Å². The Morgan fingerprint density at radius 3 is 2.48 bits per heavy atom. The van der Waals surface area contributed by atoms with Crippen molar-refractivity contribution in [2.75, 3.05) is 71.7 Å². The van der Waals surface area contributed by atoms with E-state index in [4.69, 9.17) is 9.47 Å². The van der Waals surface area contributed by atoms with Crippen LogP contribution in [0.3, 0.4) is 0 Å². The molecule has 0 aromatic rings. The maximum atomic E-state index is 11.1. The van der Waals surface area contributed by atoms with E-state index in [2.05, 4.69) is 20.5 Å². The van der Waals surface area contributed by atoms with Crippen molar-refractivity contribution in [3.05, 3.63) is 0 Å². The number of nitrogens with one attached hydrogen (secondary N) is 2. The molecule has 0 atom stereocenters. The molecular formula is C18H36N4O4S. The summed E-state index contributed by atoms with van der Waals surface area (Å²) in [5, 5.41) is 6.75. The van der Waals surface area contributed by atoms with Gasteiger partial charge in [0.1, 0.15) is 9.84 Å². The normalized spacial score (nSPS) is 21.8. The van der Waals surface area contributed by atoms with Crippen molar-refractivity contribution in [1.29, 1.82) is 0 Å². The highest BCUT2D eigenvalue weighted by molar-refractivity contribution is 7.90. The van der Waals surface area contributed by atoms with E-state index in [0.29, 0.717) is 13.2 Å². The first-order valence-corrected chi connectivity index (χ1v) is 12.0. The Hall–Kier alpha value is -0.900. The van der Waals surface area contributed by atoms with E-state index < -0.39 is 9.84 Å². The van der Waals surface area contributed by atoms with Crippen LogP contribution in [0.5, 0.6) is 0 Å². The zero-order chi connectivity index (χ0) is 19.6. The van der Waals surface area contributed by atoms with Crippen molar-refractivity contribution in [3.63, 3.8) is 0 Å². The Bertz CT molecular complexity index is 556. The van der Waals surface area contributed by atoms with Crippen LogP contribution in [-0.4, -0.2) is 96.5 Å². The SMILES string of the molecule is CN=C(NCCOCCS(C)(=O)=O)NCC1(N2CCOCC2)CCCCC1. The third-order valence-corrected chi connectivity index (χ3v) is 6.32. The maximum absolute atomic E-state index is 11.1. The Morgan fingerprint density at radius 2 is 1.85 bits per heavy atom. The number of guanidine groups is 1. The summed E-state index contributed by atoms with van der Waals surface area (Å²) in [4.78, 5) is 6.91. The highest BCUT2D eigenvalue weighted by atomic mass is 32.2. The van der Waals surface area contributed by atoms with Crippen molar-refractivity contribution < 1.29 is 17.9 Å². The molecule has 27 heavy (non-hydrogen) atoms. The molecule has 1 aliphatic carbocycles. The van der Waals surface area contributed by atoms with Gasteiger partial charge in [-0.2, -0.15) is 0 Å². The van der Waals surface area contributed by atoms with E-state index in [1.165, 1.54) is 38.4 Å². The molecule has 0 radical (unpaired) electrons. The summed E-state index contributed by atoms with van der Waals surface area (Å²) < 4.78 is 33.1. The second-order valence-corrected chi connectivity index (χ2v) is 9.74. The number of sulfone groups is 1. The van der Waals surface area contributed by atoms with Gasteiger partial charge >= 0.3 is 0 Å². The lowest BCUT2D eigenvalue weighted by Crippen LogP contribution is -2.60. The van der Waals surface area contributed by atoms with Gasteiger partial charge in [0.2, 0.25) is 0 Å². The molecule has 1 saturated heterocycles. The highest BCUT2D eigenvalue weighted by Crippen LogP contribution is 2.33. The number of ether oxygens (including phenoxy) is 2. The van der Waals surface area contributed by atoms with Crippen LogP contribution in [0.2, 0.25) is 0 Å². The minimum absolute atomic E-state index is 0.0576. The van der Waals surface area contributed by atoms with Crippen LogP contribution < -0.4 is 10.6 Å². The number of morpholine rings is 1. The first-order valence-electron chi connectivity index (χ1n) is 9.98. The first-order chi connectivity index (χ1) is 13.0. The Labute approximate surface area is 164 Å². The molecule has 1 saturated carbocycles. The van der Waals surface area contributed by atoms with Crippen molar-refractivity contribution >= 4 is 15.8 Å². The van der Waals surface area contributed by atoms with Crippen molar-refractivity contribution in [2.45, 2.75) is 37.6 Å². The standard InChI is InChI=1S/C18H36N4O4S/c1-19-17(20-8-11-25-14-15-27(2,23)24)21-16-18(6-4-3-5-7-18)22-9-12-26-13-10-22/h3-16H2,1-2H3,(H2,19,20,21).